The zero-order valence-corrected chi connectivity index (χ0v) is 7.60. The van der Waals surface area contributed by atoms with E-state index in [4.69, 9.17) is 4.74 Å². The number of aldehydes is 1. The molecule has 0 saturated carbocycles. The van der Waals surface area contributed by atoms with E-state index in [1.54, 1.807) is 13.0 Å². The third-order valence-corrected chi connectivity index (χ3v) is 2.06. The summed E-state index contributed by atoms with van der Waals surface area (Å²) in [5.41, 5.74) is 0. The Balaban J connectivity index is 2.63. The molecule has 71 valence electrons. The van der Waals surface area contributed by atoms with Crippen molar-refractivity contribution in [2.75, 3.05) is 6.61 Å². The minimum absolute atomic E-state index is 0.246. The van der Waals surface area contributed by atoms with Crippen LogP contribution in [-0.4, -0.2) is 18.9 Å². The summed E-state index contributed by atoms with van der Waals surface area (Å²) in [7, 11) is 0. The summed E-state index contributed by atoms with van der Waals surface area (Å²) in [5, 5.41) is 0. The van der Waals surface area contributed by atoms with E-state index in [1.165, 1.54) is 0 Å². The van der Waals surface area contributed by atoms with Gasteiger partial charge in [0.1, 0.15) is 6.29 Å². The van der Waals surface area contributed by atoms with Crippen molar-refractivity contribution in [3.63, 3.8) is 0 Å². The van der Waals surface area contributed by atoms with Crippen LogP contribution in [0.3, 0.4) is 0 Å². The Morgan fingerprint density at radius 2 is 2.46 bits per heavy atom. The maximum Gasteiger partial charge on any atom is 0.313 e. The van der Waals surface area contributed by atoms with Crippen LogP contribution < -0.4 is 0 Å². The summed E-state index contributed by atoms with van der Waals surface area (Å²) >= 11 is 0. The van der Waals surface area contributed by atoms with Gasteiger partial charge in [0.05, 0.1) is 12.5 Å². The van der Waals surface area contributed by atoms with Crippen molar-refractivity contribution in [3.05, 3.63) is 18.6 Å². The summed E-state index contributed by atoms with van der Waals surface area (Å²) in [6, 6.07) is 0. The Kier molecular flexibility index (Phi) is 3.68. The molecule has 0 aromatic carbocycles. The van der Waals surface area contributed by atoms with Crippen molar-refractivity contribution in [2.45, 2.75) is 13.3 Å². The van der Waals surface area contributed by atoms with Crippen molar-refractivity contribution >= 4 is 12.3 Å². The Morgan fingerprint density at radius 1 is 1.69 bits per heavy atom. The summed E-state index contributed by atoms with van der Waals surface area (Å²) in [5.74, 6) is -0.935. The van der Waals surface area contributed by atoms with E-state index < -0.39 is 0 Å². The molecule has 13 heavy (non-hydrogen) atoms. The van der Waals surface area contributed by atoms with Crippen molar-refractivity contribution in [1.29, 1.82) is 0 Å². The van der Waals surface area contributed by atoms with E-state index in [1.807, 2.05) is 12.5 Å². The van der Waals surface area contributed by atoms with Gasteiger partial charge in [-0.25, -0.2) is 0 Å². The molecule has 1 aliphatic carbocycles. The Bertz CT molecular complexity index is 220. The van der Waals surface area contributed by atoms with Gasteiger partial charge in [0.2, 0.25) is 0 Å². The van der Waals surface area contributed by atoms with Gasteiger partial charge in [-0.05, 0) is 19.8 Å². The highest BCUT2D eigenvalue weighted by Crippen LogP contribution is 2.23. The molecular weight excluding hydrogens is 168 g/mol. The van der Waals surface area contributed by atoms with Crippen LogP contribution in [0.1, 0.15) is 13.3 Å². The van der Waals surface area contributed by atoms with Crippen LogP contribution in [0.15, 0.2) is 12.2 Å². The van der Waals surface area contributed by atoms with Gasteiger partial charge in [-0.3, -0.25) is 4.79 Å². The third-order valence-electron chi connectivity index (χ3n) is 2.06. The van der Waals surface area contributed by atoms with Gasteiger partial charge in [0.15, 0.2) is 0 Å². The lowest BCUT2D eigenvalue weighted by atomic mass is 9.85. The first kappa shape index (κ1) is 9.96. The Labute approximate surface area is 77.8 Å². The molecule has 0 spiro atoms. The van der Waals surface area contributed by atoms with Crippen LogP contribution in [0.5, 0.6) is 0 Å². The fourth-order valence-corrected chi connectivity index (χ4v) is 1.36. The molecular formula is C10H13O3. The van der Waals surface area contributed by atoms with E-state index in [2.05, 4.69) is 0 Å². The number of esters is 1. The first-order chi connectivity index (χ1) is 6.29. The first-order valence-electron chi connectivity index (χ1n) is 4.41. The monoisotopic (exact) mass is 181 g/mol. The van der Waals surface area contributed by atoms with Gasteiger partial charge in [-0.1, -0.05) is 12.2 Å². The maximum atomic E-state index is 11.3. The number of allylic oxidation sites excluding steroid dienone is 1. The molecule has 1 aliphatic rings. The smallest absolute Gasteiger partial charge is 0.313 e. The van der Waals surface area contributed by atoms with Crippen molar-refractivity contribution in [2.24, 2.45) is 11.8 Å². The molecule has 0 aliphatic heterocycles. The van der Waals surface area contributed by atoms with Crippen molar-refractivity contribution < 1.29 is 14.3 Å². The predicted octanol–water partition coefficient (Wildman–Crippen LogP) is 1.14. The Morgan fingerprint density at radius 3 is 3.08 bits per heavy atom. The topological polar surface area (TPSA) is 43.4 Å². The average Bonchev–Trinajstić information content (AvgIpc) is 2.18. The van der Waals surface area contributed by atoms with E-state index in [0.717, 1.165) is 6.29 Å². The van der Waals surface area contributed by atoms with E-state index in [9.17, 15) is 9.59 Å². The van der Waals surface area contributed by atoms with Crippen LogP contribution in [0, 0.1) is 18.3 Å². The minimum Gasteiger partial charge on any atom is -0.466 e. The fraction of sp³-hybridized carbons (Fsp3) is 0.500. The van der Waals surface area contributed by atoms with Crippen LogP contribution in [0.2, 0.25) is 0 Å². The molecule has 0 N–H and O–H groups in total. The van der Waals surface area contributed by atoms with E-state index in [0.29, 0.717) is 13.0 Å². The largest absolute Gasteiger partial charge is 0.466 e. The van der Waals surface area contributed by atoms with Gasteiger partial charge in [-0.15, -0.1) is 0 Å². The summed E-state index contributed by atoms with van der Waals surface area (Å²) in [6.07, 6.45) is 6.86. The highest BCUT2D eigenvalue weighted by molar-refractivity contribution is 5.79. The lowest BCUT2D eigenvalue weighted by Gasteiger charge is -2.20. The SMILES string of the molecule is CCOC(=O)C1C=C[CH]CC1C=O. The molecule has 3 heteroatoms. The van der Waals surface area contributed by atoms with Crippen LogP contribution >= 0.6 is 0 Å². The van der Waals surface area contributed by atoms with Gasteiger partial charge < -0.3 is 9.53 Å². The van der Waals surface area contributed by atoms with Gasteiger partial charge >= 0.3 is 5.97 Å². The lowest BCUT2D eigenvalue weighted by Crippen LogP contribution is -2.27. The number of rotatable bonds is 3. The average molecular weight is 181 g/mol. The molecule has 0 saturated heterocycles. The zero-order valence-electron chi connectivity index (χ0n) is 7.60. The quantitative estimate of drug-likeness (QED) is 0.484. The molecule has 2 unspecified atom stereocenters. The number of ether oxygens (including phenoxy) is 1. The maximum absolute atomic E-state index is 11.3. The summed E-state index contributed by atoms with van der Waals surface area (Å²) in [6.45, 7) is 2.12. The highest BCUT2D eigenvalue weighted by atomic mass is 16.5. The van der Waals surface area contributed by atoms with Gasteiger partial charge in [0, 0.05) is 5.92 Å². The molecule has 0 bridgehead atoms. The van der Waals surface area contributed by atoms with Gasteiger partial charge in [0.25, 0.3) is 0 Å². The predicted molar refractivity (Wildman–Crippen MR) is 47.7 cm³/mol. The van der Waals surface area contributed by atoms with Crippen molar-refractivity contribution in [1.82, 2.24) is 0 Å². The van der Waals surface area contributed by atoms with Crippen LogP contribution in [-0.2, 0) is 14.3 Å². The molecule has 1 radical (unpaired) electrons. The highest BCUT2D eigenvalue weighted by Gasteiger charge is 2.28. The molecule has 2 atom stereocenters. The van der Waals surface area contributed by atoms with Crippen molar-refractivity contribution in [3.8, 4) is 0 Å². The zero-order chi connectivity index (χ0) is 9.68. The number of carbonyl (C=O) groups is 2. The standard InChI is InChI=1S/C10H13O3/c1-2-13-10(12)9-6-4-3-5-8(9)7-11/h3-4,6-9H,2,5H2,1H3. The summed E-state index contributed by atoms with van der Waals surface area (Å²) in [4.78, 5) is 21.9. The molecule has 0 aromatic heterocycles. The lowest BCUT2D eigenvalue weighted by molar-refractivity contribution is -0.149. The third kappa shape index (κ3) is 2.41. The molecule has 0 amide bonds. The van der Waals surface area contributed by atoms with Crippen LogP contribution in [0.4, 0.5) is 0 Å². The van der Waals surface area contributed by atoms with E-state index in [-0.39, 0.29) is 17.8 Å². The van der Waals surface area contributed by atoms with E-state index >= 15 is 0 Å². The molecule has 0 fully saturated rings. The summed E-state index contributed by atoms with van der Waals surface area (Å²) < 4.78 is 4.85. The second kappa shape index (κ2) is 4.80. The fourth-order valence-electron chi connectivity index (χ4n) is 1.36. The van der Waals surface area contributed by atoms with Crippen LogP contribution in [0.25, 0.3) is 0 Å². The number of carbonyl (C=O) groups excluding carboxylic acids is 2. The minimum atomic E-state index is -0.387. The second-order valence-electron chi connectivity index (χ2n) is 2.93. The number of hydrogen-bond donors (Lipinski definition) is 0. The first-order valence-corrected chi connectivity index (χ1v) is 4.41. The molecule has 0 heterocycles. The molecule has 3 nitrogen and oxygen atoms in total. The molecule has 1 rings (SSSR count). The normalized spacial score (nSPS) is 26.8. The second-order valence-corrected chi connectivity index (χ2v) is 2.93. The molecule has 0 aromatic rings. The number of hydrogen-bond acceptors (Lipinski definition) is 3. The van der Waals surface area contributed by atoms with Gasteiger partial charge in [-0.2, -0.15) is 0 Å². The Hall–Kier alpha value is -1.12.